The Labute approximate surface area is 135 Å². The maximum Gasteiger partial charge on any atom is 0.243 e. The first-order chi connectivity index (χ1) is 9.77. The van der Waals surface area contributed by atoms with E-state index in [9.17, 15) is 13.5 Å². The molecule has 2 rings (SSSR count). The van der Waals surface area contributed by atoms with Gasteiger partial charge >= 0.3 is 0 Å². The summed E-state index contributed by atoms with van der Waals surface area (Å²) in [7, 11) is -3.51. The number of sulfonamides is 1. The van der Waals surface area contributed by atoms with Crippen LogP contribution in [0.25, 0.3) is 0 Å². The van der Waals surface area contributed by atoms with Crippen molar-refractivity contribution in [3.05, 3.63) is 27.7 Å². The van der Waals surface area contributed by atoms with Gasteiger partial charge in [0.25, 0.3) is 0 Å². The largest absolute Gasteiger partial charge is 0.392 e. The number of rotatable bonds is 3. The molecule has 1 heterocycles. The van der Waals surface area contributed by atoms with Crippen molar-refractivity contribution in [2.75, 3.05) is 13.1 Å². The summed E-state index contributed by atoms with van der Waals surface area (Å²) in [4.78, 5) is 0.294. The van der Waals surface area contributed by atoms with Crippen molar-refractivity contribution in [3.63, 3.8) is 0 Å². The smallest absolute Gasteiger partial charge is 0.243 e. The number of benzene rings is 1. The highest BCUT2D eigenvalue weighted by molar-refractivity contribution is 9.10. The molecule has 1 N–H and O–H groups in total. The van der Waals surface area contributed by atoms with Gasteiger partial charge in [0, 0.05) is 17.6 Å². The summed E-state index contributed by atoms with van der Waals surface area (Å²) in [6.45, 7) is 7.00. The summed E-state index contributed by atoms with van der Waals surface area (Å²) in [6.07, 6.45) is 0.889. The third kappa shape index (κ3) is 3.33. The SMILES string of the molecule is Cc1c(Br)cc(CO)cc1S(=O)(=O)N1CCC(C)C(C)C1. The van der Waals surface area contributed by atoms with Gasteiger partial charge in [0.2, 0.25) is 10.0 Å². The first kappa shape index (κ1) is 16.9. The molecule has 0 aliphatic carbocycles. The van der Waals surface area contributed by atoms with Gasteiger partial charge in [-0.3, -0.25) is 0 Å². The summed E-state index contributed by atoms with van der Waals surface area (Å²) < 4.78 is 28.1. The van der Waals surface area contributed by atoms with Gasteiger partial charge in [-0.25, -0.2) is 8.42 Å². The molecule has 1 aliphatic rings. The maximum absolute atomic E-state index is 12.9. The van der Waals surface area contributed by atoms with Crippen LogP contribution in [0.1, 0.15) is 31.4 Å². The Morgan fingerprint density at radius 1 is 1.33 bits per heavy atom. The van der Waals surface area contributed by atoms with Gasteiger partial charge in [-0.2, -0.15) is 4.31 Å². The minimum absolute atomic E-state index is 0.172. The molecule has 1 saturated heterocycles. The minimum Gasteiger partial charge on any atom is -0.392 e. The Balaban J connectivity index is 2.42. The molecular weight excluding hydrogens is 354 g/mol. The molecule has 1 aliphatic heterocycles. The van der Waals surface area contributed by atoms with Crippen molar-refractivity contribution in [2.45, 2.75) is 38.7 Å². The summed E-state index contributed by atoms with van der Waals surface area (Å²) in [6, 6.07) is 3.34. The number of hydrogen-bond acceptors (Lipinski definition) is 3. The molecule has 0 radical (unpaired) electrons. The van der Waals surface area contributed by atoms with Gasteiger partial charge in [0.1, 0.15) is 0 Å². The highest BCUT2D eigenvalue weighted by atomic mass is 79.9. The van der Waals surface area contributed by atoms with Crippen LogP contribution < -0.4 is 0 Å². The summed E-state index contributed by atoms with van der Waals surface area (Å²) in [5.41, 5.74) is 1.29. The summed E-state index contributed by atoms with van der Waals surface area (Å²) in [5, 5.41) is 9.30. The van der Waals surface area contributed by atoms with Gasteiger partial charge < -0.3 is 5.11 Å². The molecule has 0 spiro atoms. The first-order valence-corrected chi connectivity index (χ1v) is 9.40. The molecular formula is C15H22BrNO3S. The van der Waals surface area contributed by atoms with Crippen LogP contribution in [0.15, 0.2) is 21.5 Å². The highest BCUT2D eigenvalue weighted by Crippen LogP contribution is 2.31. The van der Waals surface area contributed by atoms with Crippen molar-refractivity contribution in [3.8, 4) is 0 Å². The molecule has 21 heavy (non-hydrogen) atoms. The number of aliphatic hydroxyl groups is 1. The molecule has 1 aromatic rings. The topological polar surface area (TPSA) is 57.6 Å². The highest BCUT2D eigenvalue weighted by Gasteiger charge is 2.33. The fourth-order valence-electron chi connectivity index (χ4n) is 2.65. The van der Waals surface area contributed by atoms with Crippen LogP contribution in [-0.4, -0.2) is 30.9 Å². The Hall–Kier alpha value is -0.430. The van der Waals surface area contributed by atoms with Crippen LogP contribution in [0.2, 0.25) is 0 Å². The predicted molar refractivity (Wildman–Crippen MR) is 86.5 cm³/mol. The second-order valence-electron chi connectivity index (χ2n) is 5.97. The second kappa shape index (κ2) is 6.36. The quantitative estimate of drug-likeness (QED) is 0.883. The lowest BCUT2D eigenvalue weighted by Crippen LogP contribution is -2.42. The van der Waals surface area contributed by atoms with E-state index in [1.54, 1.807) is 23.4 Å². The van der Waals surface area contributed by atoms with Crippen molar-refractivity contribution >= 4 is 26.0 Å². The molecule has 2 atom stereocenters. The molecule has 0 saturated carbocycles. The zero-order valence-electron chi connectivity index (χ0n) is 12.6. The Morgan fingerprint density at radius 2 is 2.00 bits per heavy atom. The van der Waals surface area contributed by atoms with Crippen LogP contribution in [0.5, 0.6) is 0 Å². The van der Waals surface area contributed by atoms with E-state index in [1.807, 2.05) is 0 Å². The van der Waals surface area contributed by atoms with Gasteiger partial charge in [0.15, 0.2) is 0 Å². The van der Waals surface area contributed by atoms with Gasteiger partial charge in [-0.1, -0.05) is 29.8 Å². The maximum atomic E-state index is 12.9. The molecule has 2 unspecified atom stereocenters. The first-order valence-electron chi connectivity index (χ1n) is 7.17. The zero-order chi connectivity index (χ0) is 15.8. The molecule has 1 fully saturated rings. The van der Waals surface area contributed by atoms with E-state index in [4.69, 9.17) is 0 Å². The number of nitrogens with zero attached hydrogens (tertiary/aromatic N) is 1. The van der Waals surface area contributed by atoms with Crippen LogP contribution >= 0.6 is 15.9 Å². The summed E-state index contributed by atoms with van der Waals surface area (Å²) >= 11 is 3.38. The molecule has 0 aromatic heterocycles. The van der Waals surface area contributed by atoms with Gasteiger partial charge in [-0.05, 0) is 48.4 Å². The lowest BCUT2D eigenvalue weighted by Gasteiger charge is -2.34. The molecule has 4 nitrogen and oxygen atoms in total. The minimum atomic E-state index is -3.51. The van der Waals surface area contributed by atoms with Crippen LogP contribution in [-0.2, 0) is 16.6 Å². The Morgan fingerprint density at radius 3 is 2.57 bits per heavy atom. The van der Waals surface area contributed by atoms with Gasteiger partial charge in [0.05, 0.1) is 11.5 Å². The van der Waals surface area contributed by atoms with Crippen molar-refractivity contribution in [1.82, 2.24) is 4.31 Å². The normalized spacial score (nSPS) is 24.2. The zero-order valence-corrected chi connectivity index (χ0v) is 15.0. The standard InChI is InChI=1S/C15H22BrNO3S/c1-10-4-5-17(8-11(10)2)21(19,20)15-7-13(9-18)6-14(16)12(15)3/h6-7,10-11,18H,4-5,8-9H2,1-3H3. The monoisotopic (exact) mass is 375 g/mol. The molecule has 1 aromatic carbocycles. The fourth-order valence-corrected chi connectivity index (χ4v) is 5.14. The van der Waals surface area contributed by atoms with Crippen molar-refractivity contribution in [2.24, 2.45) is 11.8 Å². The van der Waals surface area contributed by atoms with E-state index < -0.39 is 10.0 Å². The van der Waals surface area contributed by atoms with E-state index >= 15 is 0 Å². The van der Waals surface area contributed by atoms with E-state index in [0.29, 0.717) is 45.4 Å². The number of hydrogen-bond donors (Lipinski definition) is 1. The number of piperidine rings is 1. The van der Waals surface area contributed by atoms with E-state index in [2.05, 4.69) is 29.8 Å². The molecule has 6 heteroatoms. The number of aliphatic hydroxyl groups excluding tert-OH is 1. The van der Waals surface area contributed by atoms with Crippen LogP contribution in [0.3, 0.4) is 0 Å². The third-order valence-electron chi connectivity index (χ3n) is 4.45. The fraction of sp³-hybridized carbons (Fsp3) is 0.600. The third-order valence-corrected chi connectivity index (χ3v) is 7.27. The van der Waals surface area contributed by atoms with E-state index in [1.165, 1.54) is 0 Å². The lowest BCUT2D eigenvalue weighted by molar-refractivity contribution is 0.212. The average molecular weight is 376 g/mol. The Bertz CT molecular complexity index is 630. The van der Waals surface area contributed by atoms with Crippen molar-refractivity contribution in [1.29, 1.82) is 0 Å². The second-order valence-corrected chi connectivity index (χ2v) is 8.73. The molecule has 0 amide bonds. The van der Waals surface area contributed by atoms with E-state index in [-0.39, 0.29) is 6.61 Å². The number of halogens is 1. The average Bonchev–Trinajstić information content (AvgIpc) is 2.44. The predicted octanol–water partition coefficient (Wildman–Crippen LogP) is 2.92. The van der Waals surface area contributed by atoms with E-state index in [0.717, 1.165) is 6.42 Å². The van der Waals surface area contributed by atoms with Crippen molar-refractivity contribution < 1.29 is 13.5 Å². The molecule has 118 valence electrons. The van der Waals surface area contributed by atoms with Gasteiger partial charge in [-0.15, -0.1) is 0 Å². The Kier molecular flexibility index (Phi) is 5.13. The van der Waals surface area contributed by atoms with Crippen LogP contribution in [0, 0.1) is 18.8 Å². The lowest BCUT2D eigenvalue weighted by atomic mass is 9.90. The van der Waals surface area contributed by atoms with Crippen LogP contribution in [0.4, 0.5) is 0 Å². The molecule has 0 bridgehead atoms. The summed E-state index contributed by atoms with van der Waals surface area (Å²) in [5.74, 6) is 0.909.